The highest BCUT2D eigenvalue weighted by atomic mass is 19.1. The van der Waals surface area contributed by atoms with Gasteiger partial charge in [-0.1, -0.05) is 5.21 Å². The molecule has 1 atom stereocenters. The van der Waals surface area contributed by atoms with Gasteiger partial charge in [0.15, 0.2) is 5.69 Å². The summed E-state index contributed by atoms with van der Waals surface area (Å²) < 4.78 is 14.3. The summed E-state index contributed by atoms with van der Waals surface area (Å²) >= 11 is 0. The first-order valence-corrected chi connectivity index (χ1v) is 7.80. The average Bonchev–Trinajstić information content (AvgIpc) is 3.18. The van der Waals surface area contributed by atoms with E-state index in [1.807, 2.05) is 6.92 Å². The largest absolute Gasteiger partial charge is 0.346 e. The quantitative estimate of drug-likeness (QED) is 0.891. The van der Waals surface area contributed by atoms with Crippen molar-refractivity contribution in [2.24, 2.45) is 0 Å². The molecule has 0 aliphatic carbocycles. The Kier molecular flexibility index (Phi) is 4.54. The highest BCUT2D eigenvalue weighted by Crippen LogP contribution is 2.10. The van der Waals surface area contributed by atoms with Crippen LogP contribution in [0, 0.1) is 5.82 Å². The standard InChI is InChI=1S/C16H18FN5O2/c1-11(9-21-8-2-3-15(21)23)18-16(24)14-10-22(20-19-14)13-6-4-12(17)5-7-13/h4-7,10-11H,2-3,8-9H2,1H3,(H,18,24)/t11-/m0/s1. The minimum Gasteiger partial charge on any atom is -0.346 e. The molecule has 0 radical (unpaired) electrons. The molecule has 2 amide bonds. The number of nitrogens with one attached hydrogen (secondary N) is 1. The van der Waals surface area contributed by atoms with E-state index in [-0.39, 0.29) is 29.4 Å². The van der Waals surface area contributed by atoms with E-state index < -0.39 is 0 Å². The monoisotopic (exact) mass is 331 g/mol. The van der Waals surface area contributed by atoms with Gasteiger partial charge in [-0.05, 0) is 37.6 Å². The zero-order valence-electron chi connectivity index (χ0n) is 13.3. The number of likely N-dealkylation sites (tertiary alicyclic amines) is 1. The number of hydrogen-bond donors (Lipinski definition) is 1. The smallest absolute Gasteiger partial charge is 0.273 e. The molecule has 126 valence electrons. The second kappa shape index (κ2) is 6.77. The van der Waals surface area contributed by atoms with Crippen LogP contribution in [0.15, 0.2) is 30.5 Å². The zero-order valence-corrected chi connectivity index (χ0v) is 13.3. The minimum absolute atomic E-state index is 0.123. The number of halogens is 1. The third kappa shape index (κ3) is 3.58. The third-order valence-corrected chi connectivity index (χ3v) is 3.86. The van der Waals surface area contributed by atoms with Crippen molar-refractivity contribution in [1.29, 1.82) is 0 Å². The molecule has 24 heavy (non-hydrogen) atoms. The average molecular weight is 331 g/mol. The Morgan fingerprint density at radius 3 is 2.79 bits per heavy atom. The molecular weight excluding hydrogens is 313 g/mol. The van der Waals surface area contributed by atoms with Crippen LogP contribution in [0.3, 0.4) is 0 Å². The summed E-state index contributed by atoms with van der Waals surface area (Å²) in [5.74, 6) is -0.581. The summed E-state index contributed by atoms with van der Waals surface area (Å²) in [5.41, 5.74) is 0.776. The molecule has 0 spiro atoms. The van der Waals surface area contributed by atoms with Gasteiger partial charge in [-0.3, -0.25) is 9.59 Å². The number of rotatable bonds is 5. The number of carbonyl (C=O) groups excluding carboxylic acids is 2. The van der Waals surface area contributed by atoms with Crippen LogP contribution in [0.1, 0.15) is 30.3 Å². The Morgan fingerprint density at radius 2 is 2.12 bits per heavy atom. The summed E-state index contributed by atoms with van der Waals surface area (Å²) in [6, 6.07) is 5.54. The highest BCUT2D eigenvalue weighted by Gasteiger charge is 2.23. The molecule has 1 aliphatic rings. The Morgan fingerprint density at radius 1 is 1.38 bits per heavy atom. The maximum absolute atomic E-state index is 12.9. The second-order valence-corrected chi connectivity index (χ2v) is 5.84. The summed E-state index contributed by atoms with van der Waals surface area (Å²) in [6.07, 6.45) is 2.93. The molecule has 2 heterocycles. The number of amides is 2. The highest BCUT2D eigenvalue weighted by molar-refractivity contribution is 5.92. The summed E-state index contributed by atoms with van der Waals surface area (Å²) in [7, 11) is 0. The first-order chi connectivity index (χ1) is 11.5. The molecule has 8 heteroatoms. The van der Waals surface area contributed by atoms with E-state index in [9.17, 15) is 14.0 Å². The number of hydrogen-bond acceptors (Lipinski definition) is 4. The minimum atomic E-state index is -0.359. The Bertz CT molecular complexity index is 743. The van der Waals surface area contributed by atoms with Crippen molar-refractivity contribution in [1.82, 2.24) is 25.2 Å². The van der Waals surface area contributed by atoms with Gasteiger partial charge in [0, 0.05) is 25.6 Å². The molecule has 3 rings (SSSR count). The molecule has 2 aromatic rings. The van der Waals surface area contributed by atoms with Gasteiger partial charge < -0.3 is 10.2 Å². The molecule has 1 aromatic carbocycles. The van der Waals surface area contributed by atoms with Gasteiger partial charge in [-0.25, -0.2) is 9.07 Å². The van der Waals surface area contributed by atoms with Crippen molar-refractivity contribution >= 4 is 11.8 Å². The Hall–Kier alpha value is -2.77. The fraction of sp³-hybridized carbons (Fsp3) is 0.375. The van der Waals surface area contributed by atoms with Crippen LogP contribution in [0.4, 0.5) is 4.39 Å². The van der Waals surface area contributed by atoms with Crippen LogP contribution in [0.25, 0.3) is 5.69 Å². The van der Waals surface area contributed by atoms with E-state index in [4.69, 9.17) is 0 Å². The molecule has 1 N–H and O–H groups in total. The normalized spacial score (nSPS) is 15.6. The van der Waals surface area contributed by atoms with Crippen LogP contribution in [-0.4, -0.2) is 50.8 Å². The van der Waals surface area contributed by atoms with Gasteiger partial charge in [0.2, 0.25) is 5.91 Å². The number of nitrogens with zero attached hydrogens (tertiary/aromatic N) is 4. The van der Waals surface area contributed by atoms with E-state index >= 15 is 0 Å². The molecular formula is C16H18FN5O2. The first-order valence-electron chi connectivity index (χ1n) is 7.80. The van der Waals surface area contributed by atoms with Gasteiger partial charge in [-0.15, -0.1) is 5.10 Å². The number of carbonyl (C=O) groups is 2. The van der Waals surface area contributed by atoms with Crippen molar-refractivity contribution in [2.45, 2.75) is 25.8 Å². The predicted octanol–water partition coefficient (Wildman–Crippen LogP) is 1.15. The topological polar surface area (TPSA) is 80.1 Å². The van der Waals surface area contributed by atoms with Crippen molar-refractivity contribution in [3.63, 3.8) is 0 Å². The van der Waals surface area contributed by atoms with Crippen LogP contribution in [0.5, 0.6) is 0 Å². The van der Waals surface area contributed by atoms with Crippen molar-refractivity contribution < 1.29 is 14.0 Å². The fourth-order valence-electron chi connectivity index (χ4n) is 2.66. The predicted molar refractivity (Wildman–Crippen MR) is 84.1 cm³/mol. The van der Waals surface area contributed by atoms with E-state index in [1.54, 1.807) is 17.0 Å². The molecule has 0 unspecified atom stereocenters. The SMILES string of the molecule is C[C@@H](CN1CCCC1=O)NC(=O)c1cn(-c2ccc(F)cc2)nn1. The van der Waals surface area contributed by atoms with E-state index in [0.29, 0.717) is 18.7 Å². The second-order valence-electron chi connectivity index (χ2n) is 5.84. The zero-order chi connectivity index (χ0) is 17.1. The lowest BCUT2D eigenvalue weighted by Gasteiger charge is -2.21. The summed E-state index contributed by atoms with van der Waals surface area (Å²) in [5, 5.41) is 10.5. The van der Waals surface area contributed by atoms with Crippen LogP contribution in [-0.2, 0) is 4.79 Å². The molecule has 0 saturated carbocycles. The lowest BCUT2D eigenvalue weighted by atomic mass is 10.3. The lowest BCUT2D eigenvalue weighted by Crippen LogP contribution is -2.42. The molecule has 1 aromatic heterocycles. The van der Waals surface area contributed by atoms with Crippen molar-refractivity contribution in [2.75, 3.05) is 13.1 Å². The van der Waals surface area contributed by atoms with Crippen molar-refractivity contribution in [3.05, 3.63) is 42.0 Å². The summed E-state index contributed by atoms with van der Waals surface area (Å²) in [6.45, 7) is 3.06. The summed E-state index contributed by atoms with van der Waals surface area (Å²) in [4.78, 5) is 25.6. The fourth-order valence-corrected chi connectivity index (χ4v) is 2.66. The van der Waals surface area contributed by atoms with Gasteiger partial charge in [0.05, 0.1) is 11.9 Å². The molecule has 1 fully saturated rings. The maximum Gasteiger partial charge on any atom is 0.273 e. The number of benzene rings is 1. The molecule has 1 saturated heterocycles. The lowest BCUT2D eigenvalue weighted by molar-refractivity contribution is -0.127. The van der Waals surface area contributed by atoms with Crippen LogP contribution < -0.4 is 5.32 Å². The van der Waals surface area contributed by atoms with Crippen LogP contribution >= 0.6 is 0 Å². The van der Waals surface area contributed by atoms with Gasteiger partial charge in [0.25, 0.3) is 5.91 Å². The van der Waals surface area contributed by atoms with Crippen molar-refractivity contribution in [3.8, 4) is 5.69 Å². The van der Waals surface area contributed by atoms with E-state index in [0.717, 1.165) is 13.0 Å². The molecule has 1 aliphatic heterocycles. The first kappa shape index (κ1) is 16.1. The number of aromatic nitrogens is 3. The Balaban J connectivity index is 1.61. The van der Waals surface area contributed by atoms with Gasteiger partial charge in [-0.2, -0.15) is 0 Å². The molecule has 0 bridgehead atoms. The van der Waals surface area contributed by atoms with E-state index in [1.165, 1.54) is 23.0 Å². The van der Waals surface area contributed by atoms with E-state index in [2.05, 4.69) is 15.6 Å². The third-order valence-electron chi connectivity index (χ3n) is 3.86. The maximum atomic E-state index is 12.9. The van der Waals surface area contributed by atoms with Gasteiger partial charge >= 0.3 is 0 Å². The molecule has 7 nitrogen and oxygen atoms in total. The Labute approximate surface area is 138 Å². The van der Waals surface area contributed by atoms with Gasteiger partial charge in [0.1, 0.15) is 5.82 Å². The van der Waals surface area contributed by atoms with Crippen LogP contribution in [0.2, 0.25) is 0 Å².